The summed E-state index contributed by atoms with van der Waals surface area (Å²) in [6.45, 7) is 5.50. The first kappa shape index (κ1) is 8.98. The van der Waals surface area contributed by atoms with Crippen LogP contribution in [0.1, 0.15) is 24.8 Å². The number of hydrogen-bond donors (Lipinski definition) is 0. The number of carbonyl (C=O) groups is 1. The van der Waals surface area contributed by atoms with Gasteiger partial charge in [0.1, 0.15) is 5.78 Å². The highest BCUT2D eigenvalue weighted by Crippen LogP contribution is 2.16. The number of Topliss-reactive ketones (excluding diaryl/α,β-unsaturated/α-hetero) is 1. The van der Waals surface area contributed by atoms with Crippen molar-refractivity contribution in [3.8, 4) is 0 Å². The van der Waals surface area contributed by atoms with E-state index in [1.54, 1.807) is 0 Å². The second-order valence-corrected chi connectivity index (χ2v) is 2.85. The van der Waals surface area contributed by atoms with Crippen LogP contribution >= 0.6 is 0 Å². The maximum absolute atomic E-state index is 11.2. The molecule has 0 aliphatic heterocycles. The van der Waals surface area contributed by atoms with Crippen LogP contribution in [0.15, 0.2) is 30.3 Å². The van der Waals surface area contributed by atoms with Crippen molar-refractivity contribution in [2.45, 2.75) is 19.3 Å². The molecule has 12 heavy (non-hydrogen) atoms. The molecule has 1 unspecified atom stereocenters. The molecule has 0 aliphatic rings. The third kappa shape index (κ3) is 1.94. The van der Waals surface area contributed by atoms with Crippen LogP contribution in [0.25, 0.3) is 0 Å². The number of benzene rings is 1. The van der Waals surface area contributed by atoms with Gasteiger partial charge >= 0.3 is 0 Å². The Hall–Kier alpha value is -1.11. The van der Waals surface area contributed by atoms with E-state index >= 15 is 0 Å². The van der Waals surface area contributed by atoms with E-state index in [1.165, 1.54) is 0 Å². The summed E-state index contributed by atoms with van der Waals surface area (Å²) in [5.74, 6) is 0.185. The Morgan fingerprint density at radius 3 is 2.50 bits per heavy atom. The molecule has 1 aromatic carbocycles. The fraction of sp³-hybridized carbons (Fsp3) is 0.273. The number of rotatable bonds is 3. The van der Waals surface area contributed by atoms with Crippen LogP contribution in [-0.4, -0.2) is 5.78 Å². The summed E-state index contributed by atoms with van der Waals surface area (Å²) in [5.41, 5.74) is 1.08. The smallest absolute Gasteiger partial charge is 0.140 e. The lowest BCUT2D eigenvalue weighted by Gasteiger charge is -2.08. The van der Waals surface area contributed by atoms with E-state index in [1.807, 2.05) is 37.3 Å². The molecule has 1 nitrogen and oxygen atoms in total. The van der Waals surface area contributed by atoms with Crippen LogP contribution in [0.2, 0.25) is 0 Å². The van der Waals surface area contributed by atoms with Crippen molar-refractivity contribution in [3.63, 3.8) is 0 Å². The zero-order chi connectivity index (χ0) is 8.97. The normalized spacial score (nSPS) is 12.5. The van der Waals surface area contributed by atoms with E-state index in [0.717, 1.165) is 5.56 Å². The molecule has 0 saturated carbocycles. The Morgan fingerprint density at radius 1 is 1.42 bits per heavy atom. The summed E-state index contributed by atoms with van der Waals surface area (Å²) in [6, 6.07) is 9.78. The highest BCUT2D eigenvalue weighted by Gasteiger charge is 2.11. The molecule has 1 rings (SSSR count). The summed E-state index contributed by atoms with van der Waals surface area (Å²) in [4.78, 5) is 11.2. The fourth-order valence-electron chi connectivity index (χ4n) is 1.14. The molecule has 1 heteroatoms. The minimum Gasteiger partial charge on any atom is -0.299 e. The molecule has 0 aromatic heterocycles. The van der Waals surface area contributed by atoms with Crippen LogP contribution in [-0.2, 0) is 4.79 Å². The lowest BCUT2D eigenvalue weighted by Crippen LogP contribution is -2.06. The van der Waals surface area contributed by atoms with Crippen LogP contribution in [0.3, 0.4) is 0 Å². The van der Waals surface area contributed by atoms with Crippen LogP contribution in [0, 0.1) is 6.92 Å². The maximum Gasteiger partial charge on any atom is 0.140 e. The molecule has 0 heterocycles. The monoisotopic (exact) mass is 161 g/mol. The first-order valence-electron chi connectivity index (χ1n) is 4.12. The molecule has 0 amide bonds. The highest BCUT2D eigenvalue weighted by molar-refractivity contribution is 5.85. The van der Waals surface area contributed by atoms with E-state index in [9.17, 15) is 4.79 Å². The van der Waals surface area contributed by atoms with Gasteiger partial charge in [0, 0.05) is 12.3 Å². The zero-order valence-corrected chi connectivity index (χ0v) is 7.29. The molecule has 0 saturated heterocycles. The molecule has 0 aliphatic carbocycles. The topological polar surface area (TPSA) is 17.1 Å². The van der Waals surface area contributed by atoms with Gasteiger partial charge in [-0.15, -0.1) is 0 Å². The molecular weight excluding hydrogens is 148 g/mol. The van der Waals surface area contributed by atoms with Crippen molar-refractivity contribution < 1.29 is 4.79 Å². The van der Waals surface area contributed by atoms with Crippen molar-refractivity contribution in [1.82, 2.24) is 0 Å². The van der Waals surface area contributed by atoms with Gasteiger partial charge in [-0.05, 0) is 12.5 Å². The predicted octanol–water partition coefficient (Wildman–Crippen LogP) is 2.58. The third-order valence-electron chi connectivity index (χ3n) is 2.03. The van der Waals surface area contributed by atoms with Crippen LogP contribution in [0.4, 0.5) is 0 Å². The van der Waals surface area contributed by atoms with Gasteiger partial charge in [0.25, 0.3) is 0 Å². The maximum atomic E-state index is 11.2. The second-order valence-electron chi connectivity index (χ2n) is 2.85. The largest absolute Gasteiger partial charge is 0.299 e. The second kappa shape index (κ2) is 4.05. The zero-order valence-electron chi connectivity index (χ0n) is 7.29. The van der Waals surface area contributed by atoms with E-state index in [0.29, 0.717) is 6.42 Å². The van der Waals surface area contributed by atoms with Crippen molar-refractivity contribution in [1.29, 1.82) is 0 Å². The summed E-state index contributed by atoms with van der Waals surface area (Å²) >= 11 is 0. The Labute approximate surface area is 73.4 Å². The predicted molar refractivity (Wildman–Crippen MR) is 49.8 cm³/mol. The van der Waals surface area contributed by atoms with Crippen LogP contribution < -0.4 is 0 Å². The molecule has 0 bridgehead atoms. The van der Waals surface area contributed by atoms with E-state index in [-0.39, 0.29) is 11.7 Å². The van der Waals surface area contributed by atoms with Gasteiger partial charge in [0.15, 0.2) is 0 Å². The first-order chi connectivity index (χ1) is 5.75. The van der Waals surface area contributed by atoms with Gasteiger partial charge in [0.2, 0.25) is 0 Å². The van der Waals surface area contributed by atoms with E-state index in [4.69, 9.17) is 0 Å². The molecule has 0 spiro atoms. The van der Waals surface area contributed by atoms with Crippen molar-refractivity contribution in [2.24, 2.45) is 0 Å². The Kier molecular flexibility index (Phi) is 3.03. The standard InChI is InChI=1S/C11H13O/c1-3-11(12)9(2)10-7-5-4-6-8-10/h4-9H,1,3H2,2H3. The molecule has 1 aromatic rings. The fourth-order valence-corrected chi connectivity index (χ4v) is 1.14. The van der Waals surface area contributed by atoms with Crippen molar-refractivity contribution >= 4 is 5.78 Å². The van der Waals surface area contributed by atoms with Gasteiger partial charge in [-0.25, -0.2) is 0 Å². The quantitative estimate of drug-likeness (QED) is 0.666. The first-order valence-corrected chi connectivity index (χ1v) is 4.12. The molecular formula is C11H13O. The van der Waals surface area contributed by atoms with Crippen molar-refractivity contribution in [3.05, 3.63) is 42.8 Å². The average Bonchev–Trinajstić information content (AvgIpc) is 2.17. The highest BCUT2D eigenvalue weighted by atomic mass is 16.1. The summed E-state index contributed by atoms with van der Waals surface area (Å²) in [6.07, 6.45) is 0.371. The number of hydrogen-bond acceptors (Lipinski definition) is 1. The van der Waals surface area contributed by atoms with Crippen LogP contribution in [0.5, 0.6) is 0 Å². The third-order valence-corrected chi connectivity index (χ3v) is 2.03. The minimum absolute atomic E-state index is 0.0105. The summed E-state index contributed by atoms with van der Waals surface area (Å²) in [5, 5.41) is 0. The van der Waals surface area contributed by atoms with Gasteiger partial charge in [0.05, 0.1) is 0 Å². The molecule has 0 N–H and O–H groups in total. The van der Waals surface area contributed by atoms with E-state index in [2.05, 4.69) is 6.92 Å². The Bertz CT molecular complexity index is 251. The lowest BCUT2D eigenvalue weighted by atomic mass is 9.96. The molecule has 0 fully saturated rings. The molecule has 63 valence electrons. The average molecular weight is 161 g/mol. The number of carbonyl (C=O) groups excluding carboxylic acids is 1. The Balaban J connectivity index is 2.78. The summed E-state index contributed by atoms with van der Waals surface area (Å²) in [7, 11) is 0. The molecule has 1 atom stereocenters. The minimum atomic E-state index is -0.0105. The van der Waals surface area contributed by atoms with E-state index < -0.39 is 0 Å². The van der Waals surface area contributed by atoms with Gasteiger partial charge in [-0.2, -0.15) is 0 Å². The lowest BCUT2D eigenvalue weighted by molar-refractivity contribution is -0.119. The van der Waals surface area contributed by atoms with Gasteiger partial charge in [-0.3, -0.25) is 4.79 Å². The van der Waals surface area contributed by atoms with Gasteiger partial charge < -0.3 is 0 Å². The van der Waals surface area contributed by atoms with Crippen molar-refractivity contribution in [2.75, 3.05) is 0 Å². The SMILES string of the molecule is [CH2]CC(=O)C(C)c1ccccc1. The number of ketones is 1. The Morgan fingerprint density at radius 2 is 2.00 bits per heavy atom. The summed E-state index contributed by atoms with van der Waals surface area (Å²) < 4.78 is 0. The molecule has 1 radical (unpaired) electrons. The van der Waals surface area contributed by atoms with Gasteiger partial charge in [-0.1, -0.05) is 37.3 Å².